The Balaban J connectivity index is 2.96. The summed E-state index contributed by atoms with van der Waals surface area (Å²) in [7, 11) is 0. The molecule has 94 valence electrons. The lowest BCUT2D eigenvalue weighted by atomic mass is 10.1. The molecule has 4 heteroatoms. The van der Waals surface area contributed by atoms with Gasteiger partial charge < -0.3 is 10.1 Å². The number of aryl methyl sites for hydroxylation is 1. The first kappa shape index (κ1) is 14.0. The largest absolute Gasteiger partial charge is 0.465 e. The lowest BCUT2D eigenvalue weighted by Gasteiger charge is -2.17. The average molecular weight is 256 g/mol. The van der Waals surface area contributed by atoms with E-state index in [9.17, 15) is 4.79 Å². The predicted octanol–water partition coefficient (Wildman–Crippen LogP) is 2.86. The van der Waals surface area contributed by atoms with Crippen LogP contribution in [0.15, 0.2) is 18.2 Å². The van der Waals surface area contributed by atoms with E-state index >= 15 is 0 Å². The lowest BCUT2D eigenvalue weighted by molar-refractivity contribution is -0.145. The van der Waals surface area contributed by atoms with E-state index in [1.165, 1.54) is 0 Å². The van der Waals surface area contributed by atoms with Crippen LogP contribution in [0, 0.1) is 6.92 Å². The maximum Gasteiger partial charge on any atom is 0.327 e. The molecule has 0 saturated carbocycles. The van der Waals surface area contributed by atoms with E-state index in [0.29, 0.717) is 18.2 Å². The number of esters is 1. The number of nitrogens with one attached hydrogen (secondary N) is 1. The smallest absolute Gasteiger partial charge is 0.327 e. The Morgan fingerprint density at radius 3 is 2.71 bits per heavy atom. The number of hydrogen-bond donors (Lipinski definition) is 1. The first-order valence-electron chi connectivity index (χ1n) is 5.76. The number of rotatable bonds is 5. The van der Waals surface area contributed by atoms with Crippen LogP contribution in [-0.2, 0) is 9.53 Å². The minimum Gasteiger partial charge on any atom is -0.465 e. The van der Waals surface area contributed by atoms with Crippen LogP contribution < -0.4 is 5.32 Å². The summed E-state index contributed by atoms with van der Waals surface area (Å²) < 4.78 is 5.04. The van der Waals surface area contributed by atoms with Gasteiger partial charge in [0, 0.05) is 5.02 Å². The second-order valence-corrected chi connectivity index (χ2v) is 4.16. The highest BCUT2D eigenvalue weighted by Gasteiger charge is 2.21. The summed E-state index contributed by atoms with van der Waals surface area (Å²) in [6.45, 7) is 6.74. The fourth-order valence-electron chi connectivity index (χ4n) is 1.56. The van der Waals surface area contributed by atoms with Crippen molar-refractivity contribution in [1.82, 2.24) is 5.32 Å². The predicted molar refractivity (Wildman–Crippen MR) is 69.2 cm³/mol. The highest BCUT2D eigenvalue weighted by atomic mass is 35.5. The third-order valence-corrected chi connectivity index (χ3v) is 2.87. The lowest BCUT2D eigenvalue weighted by Crippen LogP contribution is -2.30. The molecule has 0 aromatic heterocycles. The molecule has 1 N–H and O–H groups in total. The Kier molecular flexibility index (Phi) is 5.45. The molecule has 1 aromatic rings. The van der Waals surface area contributed by atoms with E-state index < -0.39 is 6.04 Å². The van der Waals surface area contributed by atoms with Crippen LogP contribution in [0.4, 0.5) is 0 Å². The topological polar surface area (TPSA) is 38.3 Å². The Bertz CT molecular complexity index is 393. The van der Waals surface area contributed by atoms with Gasteiger partial charge in [-0.15, -0.1) is 0 Å². The maximum atomic E-state index is 11.8. The zero-order chi connectivity index (χ0) is 12.8. The number of likely N-dealkylation sites (N-methyl/N-ethyl adjacent to an activating group) is 1. The van der Waals surface area contributed by atoms with Crippen molar-refractivity contribution in [1.29, 1.82) is 0 Å². The van der Waals surface area contributed by atoms with Crippen molar-refractivity contribution in [2.24, 2.45) is 0 Å². The van der Waals surface area contributed by atoms with Crippen molar-refractivity contribution >= 4 is 17.6 Å². The van der Waals surface area contributed by atoms with Gasteiger partial charge in [0.2, 0.25) is 0 Å². The number of ether oxygens (including phenoxy) is 1. The Morgan fingerprint density at radius 2 is 2.18 bits per heavy atom. The van der Waals surface area contributed by atoms with Crippen LogP contribution in [0.2, 0.25) is 5.02 Å². The molecule has 0 spiro atoms. The van der Waals surface area contributed by atoms with Gasteiger partial charge in [0.05, 0.1) is 6.61 Å². The average Bonchev–Trinajstić information content (AvgIpc) is 2.30. The van der Waals surface area contributed by atoms with Crippen molar-refractivity contribution in [2.75, 3.05) is 13.2 Å². The zero-order valence-electron chi connectivity index (χ0n) is 10.4. The van der Waals surface area contributed by atoms with Crippen LogP contribution in [0.25, 0.3) is 0 Å². The fraction of sp³-hybridized carbons (Fsp3) is 0.462. The number of carbonyl (C=O) groups is 1. The third-order valence-electron chi connectivity index (χ3n) is 2.46. The molecule has 1 rings (SSSR count). The van der Waals surface area contributed by atoms with Crippen molar-refractivity contribution < 1.29 is 9.53 Å². The zero-order valence-corrected chi connectivity index (χ0v) is 11.2. The first-order chi connectivity index (χ1) is 8.10. The van der Waals surface area contributed by atoms with E-state index in [0.717, 1.165) is 11.1 Å². The normalized spacial score (nSPS) is 12.2. The molecule has 1 atom stereocenters. The van der Waals surface area contributed by atoms with Gasteiger partial charge >= 0.3 is 5.97 Å². The van der Waals surface area contributed by atoms with E-state index in [1.807, 2.05) is 26.0 Å². The molecule has 0 bridgehead atoms. The summed E-state index contributed by atoms with van der Waals surface area (Å²) in [4.78, 5) is 11.8. The van der Waals surface area contributed by atoms with Crippen molar-refractivity contribution in [3.63, 3.8) is 0 Å². The molecule has 0 aliphatic carbocycles. The molecule has 0 saturated heterocycles. The van der Waals surface area contributed by atoms with Gasteiger partial charge in [-0.3, -0.25) is 0 Å². The number of hydrogen-bond acceptors (Lipinski definition) is 3. The molecular formula is C13H18ClNO2. The van der Waals surface area contributed by atoms with Crippen molar-refractivity contribution in [2.45, 2.75) is 26.8 Å². The summed E-state index contributed by atoms with van der Waals surface area (Å²) >= 11 is 6.06. The van der Waals surface area contributed by atoms with Crippen LogP contribution >= 0.6 is 11.6 Å². The third kappa shape index (κ3) is 3.72. The highest BCUT2D eigenvalue weighted by Crippen LogP contribution is 2.22. The van der Waals surface area contributed by atoms with E-state index in [1.54, 1.807) is 13.0 Å². The van der Waals surface area contributed by atoms with Gasteiger partial charge in [0.1, 0.15) is 6.04 Å². The van der Waals surface area contributed by atoms with E-state index in [4.69, 9.17) is 16.3 Å². The Morgan fingerprint density at radius 1 is 1.47 bits per heavy atom. The van der Waals surface area contributed by atoms with Gasteiger partial charge in [-0.25, -0.2) is 4.79 Å². The molecule has 1 unspecified atom stereocenters. The maximum absolute atomic E-state index is 11.8. The number of carbonyl (C=O) groups excluding carboxylic acids is 1. The monoisotopic (exact) mass is 255 g/mol. The minimum absolute atomic E-state index is 0.269. The molecule has 0 heterocycles. The van der Waals surface area contributed by atoms with Crippen LogP contribution in [0.5, 0.6) is 0 Å². The van der Waals surface area contributed by atoms with Crippen molar-refractivity contribution in [3.8, 4) is 0 Å². The summed E-state index contributed by atoms with van der Waals surface area (Å²) in [5.74, 6) is -0.269. The van der Waals surface area contributed by atoms with E-state index in [2.05, 4.69) is 5.32 Å². The highest BCUT2D eigenvalue weighted by molar-refractivity contribution is 6.31. The molecule has 0 aliphatic rings. The fourth-order valence-corrected chi connectivity index (χ4v) is 1.74. The van der Waals surface area contributed by atoms with Gasteiger partial charge in [-0.05, 0) is 37.6 Å². The standard InChI is InChI=1S/C13H18ClNO2/c1-4-15-12(13(16)17-5-2)10-7-6-9(3)11(14)8-10/h6-8,12,15H,4-5H2,1-3H3. The molecule has 0 fully saturated rings. The SMILES string of the molecule is CCNC(C(=O)OCC)c1ccc(C)c(Cl)c1. The summed E-state index contributed by atoms with van der Waals surface area (Å²) in [5, 5.41) is 3.76. The second-order valence-electron chi connectivity index (χ2n) is 3.75. The summed E-state index contributed by atoms with van der Waals surface area (Å²) in [6, 6.07) is 5.16. The Labute approximate surface area is 107 Å². The summed E-state index contributed by atoms with van der Waals surface area (Å²) in [6.07, 6.45) is 0. The van der Waals surface area contributed by atoms with E-state index in [-0.39, 0.29) is 5.97 Å². The molecule has 0 radical (unpaired) electrons. The van der Waals surface area contributed by atoms with Crippen LogP contribution in [0.1, 0.15) is 31.0 Å². The van der Waals surface area contributed by atoms with Gasteiger partial charge in [0.25, 0.3) is 0 Å². The van der Waals surface area contributed by atoms with Gasteiger partial charge in [-0.1, -0.05) is 30.7 Å². The summed E-state index contributed by atoms with van der Waals surface area (Å²) in [5.41, 5.74) is 1.83. The van der Waals surface area contributed by atoms with Gasteiger partial charge in [-0.2, -0.15) is 0 Å². The molecular weight excluding hydrogens is 238 g/mol. The quantitative estimate of drug-likeness (QED) is 0.823. The minimum atomic E-state index is -0.446. The van der Waals surface area contributed by atoms with Crippen LogP contribution in [-0.4, -0.2) is 19.1 Å². The Hall–Kier alpha value is -1.06. The second kappa shape index (κ2) is 6.62. The van der Waals surface area contributed by atoms with Crippen molar-refractivity contribution in [3.05, 3.63) is 34.3 Å². The molecule has 17 heavy (non-hydrogen) atoms. The molecule has 0 amide bonds. The molecule has 0 aliphatic heterocycles. The number of halogens is 1. The first-order valence-corrected chi connectivity index (χ1v) is 6.14. The number of benzene rings is 1. The van der Waals surface area contributed by atoms with Gasteiger partial charge in [0.15, 0.2) is 0 Å². The molecule has 1 aromatic carbocycles. The molecule has 3 nitrogen and oxygen atoms in total. The van der Waals surface area contributed by atoms with Crippen LogP contribution in [0.3, 0.4) is 0 Å².